The summed E-state index contributed by atoms with van der Waals surface area (Å²) in [6.45, 7) is 6.43. The van der Waals surface area contributed by atoms with E-state index >= 15 is 0 Å². The Kier molecular flexibility index (Phi) is 6.62. The molecule has 0 unspecified atom stereocenters. The van der Waals surface area contributed by atoms with Crippen molar-refractivity contribution in [2.75, 3.05) is 39.8 Å². The number of aliphatic imine (C=N–C) groups is 1. The zero-order valence-electron chi connectivity index (χ0n) is 17.9. The van der Waals surface area contributed by atoms with Crippen LogP contribution < -0.4 is 5.32 Å². The predicted octanol–water partition coefficient (Wildman–Crippen LogP) is 3.61. The summed E-state index contributed by atoms with van der Waals surface area (Å²) in [5, 5.41) is 3.28. The van der Waals surface area contributed by atoms with E-state index in [9.17, 15) is 18.0 Å². The molecule has 0 radical (unpaired) electrons. The molecule has 0 spiro atoms. The van der Waals surface area contributed by atoms with Gasteiger partial charge in [-0.3, -0.25) is 9.79 Å². The first kappa shape index (κ1) is 22.7. The number of amides is 1. The summed E-state index contributed by atoms with van der Waals surface area (Å²) in [7, 11) is 1.67. The fraction of sp³-hybridized carbons (Fsp3) is 0.455. The van der Waals surface area contributed by atoms with Crippen molar-refractivity contribution < 1.29 is 22.4 Å². The van der Waals surface area contributed by atoms with Crippen molar-refractivity contribution in [2.24, 2.45) is 4.99 Å². The lowest BCUT2D eigenvalue weighted by atomic mass is 9.84. The summed E-state index contributed by atoms with van der Waals surface area (Å²) < 4.78 is 44.4. The van der Waals surface area contributed by atoms with Gasteiger partial charge in [-0.1, -0.05) is 32.0 Å². The average Bonchev–Trinajstić information content (AvgIpc) is 3.28. The molecule has 168 valence electrons. The van der Waals surface area contributed by atoms with Crippen molar-refractivity contribution in [2.45, 2.75) is 25.4 Å². The molecule has 1 aromatic carbocycles. The van der Waals surface area contributed by atoms with E-state index in [0.29, 0.717) is 50.0 Å². The zero-order valence-corrected chi connectivity index (χ0v) is 17.9. The van der Waals surface area contributed by atoms with E-state index in [1.807, 2.05) is 18.7 Å². The number of rotatable bonds is 4. The van der Waals surface area contributed by atoms with Crippen molar-refractivity contribution in [3.05, 3.63) is 59.5 Å². The Hall–Kier alpha value is -2.97. The van der Waals surface area contributed by atoms with Crippen LogP contribution in [-0.4, -0.2) is 61.4 Å². The number of alkyl halides is 3. The van der Waals surface area contributed by atoms with Gasteiger partial charge in [-0.2, -0.15) is 13.2 Å². The molecule has 0 bridgehead atoms. The van der Waals surface area contributed by atoms with E-state index in [1.54, 1.807) is 30.1 Å². The highest BCUT2D eigenvalue weighted by molar-refractivity contribution is 5.91. The molecule has 0 atom stereocenters. The number of furan rings is 1. The Morgan fingerprint density at radius 3 is 2.29 bits per heavy atom. The van der Waals surface area contributed by atoms with Crippen LogP contribution in [-0.2, 0) is 11.6 Å². The normalized spacial score (nSPS) is 15.9. The van der Waals surface area contributed by atoms with Crippen LogP contribution >= 0.6 is 0 Å². The third-order valence-electron chi connectivity index (χ3n) is 5.47. The number of halogens is 3. The molecule has 1 amide bonds. The number of guanidine groups is 1. The number of carbonyl (C=O) groups is 1. The highest BCUT2D eigenvalue weighted by atomic mass is 19.4. The van der Waals surface area contributed by atoms with E-state index in [0.717, 1.165) is 6.07 Å². The molecule has 9 heteroatoms. The second kappa shape index (κ2) is 9.03. The molecular formula is C22H27F3N4O2. The van der Waals surface area contributed by atoms with Gasteiger partial charge in [-0.05, 0) is 23.8 Å². The maximum absolute atomic E-state index is 13.1. The molecule has 1 aliphatic rings. The van der Waals surface area contributed by atoms with Gasteiger partial charge in [-0.25, -0.2) is 0 Å². The highest BCUT2D eigenvalue weighted by Crippen LogP contribution is 2.32. The van der Waals surface area contributed by atoms with Gasteiger partial charge >= 0.3 is 6.18 Å². The molecule has 2 aromatic rings. The van der Waals surface area contributed by atoms with E-state index in [1.165, 1.54) is 18.4 Å². The maximum Gasteiger partial charge on any atom is 0.416 e. The SMILES string of the molecule is CN=C(NCC(C)(C)c1cccc(C(F)(F)F)c1)N1CCN(C(=O)c2ccco2)CC1. The molecule has 0 saturated carbocycles. The minimum Gasteiger partial charge on any atom is -0.459 e. The van der Waals surface area contributed by atoms with Crippen molar-refractivity contribution in [1.82, 2.24) is 15.1 Å². The molecule has 1 fully saturated rings. The lowest BCUT2D eigenvalue weighted by Crippen LogP contribution is -2.54. The maximum atomic E-state index is 13.1. The Balaban J connectivity index is 1.59. The van der Waals surface area contributed by atoms with Crippen molar-refractivity contribution in [3.63, 3.8) is 0 Å². The Morgan fingerprint density at radius 2 is 1.71 bits per heavy atom. The topological polar surface area (TPSA) is 61.1 Å². The molecule has 1 N–H and O–H groups in total. The molecule has 3 rings (SSSR count). The standard InChI is InChI=1S/C22H27F3N4O2/c1-21(2,16-6-4-7-17(14-16)22(23,24)25)15-27-20(26-3)29-11-9-28(10-12-29)19(30)18-8-5-13-31-18/h4-8,13-14H,9-12,15H2,1-3H3,(H,26,27). The molecule has 1 aromatic heterocycles. The van der Waals surface area contributed by atoms with E-state index in [2.05, 4.69) is 10.3 Å². The van der Waals surface area contributed by atoms with Gasteiger partial charge in [0.15, 0.2) is 11.7 Å². The van der Waals surface area contributed by atoms with Crippen LogP contribution in [0.5, 0.6) is 0 Å². The number of nitrogens with one attached hydrogen (secondary N) is 1. The minimum atomic E-state index is -4.37. The lowest BCUT2D eigenvalue weighted by molar-refractivity contribution is -0.137. The van der Waals surface area contributed by atoms with Crippen LogP contribution in [0, 0.1) is 0 Å². The molecule has 6 nitrogen and oxygen atoms in total. The molecule has 1 saturated heterocycles. The first-order valence-corrected chi connectivity index (χ1v) is 10.1. The third-order valence-corrected chi connectivity index (χ3v) is 5.47. The second-order valence-corrected chi connectivity index (χ2v) is 8.12. The Bertz CT molecular complexity index is 915. The zero-order chi connectivity index (χ0) is 22.6. The van der Waals surface area contributed by atoms with Crippen LogP contribution in [0.15, 0.2) is 52.1 Å². The highest BCUT2D eigenvalue weighted by Gasteiger charge is 2.32. The molecule has 1 aliphatic heterocycles. The Morgan fingerprint density at radius 1 is 1.06 bits per heavy atom. The monoisotopic (exact) mass is 436 g/mol. The van der Waals surface area contributed by atoms with E-state index in [-0.39, 0.29) is 5.91 Å². The summed E-state index contributed by atoms with van der Waals surface area (Å²) in [5.41, 5.74) is -0.604. The predicted molar refractivity (Wildman–Crippen MR) is 112 cm³/mol. The summed E-state index contributed by atoms with van der Waals surface area (Å²) in [6, 6.07) is 8.74. The molecule has 0 aliphatic carbocycles. The van der Waals surface area contributed by atoms with Gasteiger partial charge in [-0.15, -0.1) is 0 Å². The fourth-order valence-corrected chi connectivity index (χ4v) is 3.53. The summed E-state index contributed by atoms with van der Waals surface area (Å²) in [6.07, 6.45) is -2.90. The third kappa shape index (κ3) is 5.39. The largest absolute Gasteiger partial charge is 0.459 e. The van der Waals surface area contributed by atoms with Crippen LogP contribution in [0.1, 0.15) is 35.5 Å². The van der Waals surface area contributed by atoms with Gasteiger partial charge in [0.1, 0.15) is 0 Å². The number of hydrogen-bond acceptors (Lipinski definition) is 3. The lowest BCUT2D eigenvalue weighted by Gasteiger charge is -2.37. The quantitative estimate of drug-likeness (QED) is 0.588. The summed E-state index contributed by atoms with van der Waals surface area (Å²) in [4.78, 5) is 20.5. The van der Waals surface area contributed by atoms with Gasteiger partial charge in [0.05, 0.1) is 11.8 Å². The summed E-state index contributed by atoms with van der Waals surface area (Å²) >= 11 is 0. The smallest absolute Gasteiger partial charge is 0.416 e. The number of carbonyl (C=O) groups excluding carboxylic acids is 1. The Labute approximate surface area is 179 Å². The molecule has 2 heterocycles. The van der Waals surface area contributed by atoms with Crippen LogP contribution in [0.2, 0.25) is 0 Å². The van der Waals surface area contributed by atoms with Crippen molar-refractivity contribution >= 4 is 11.9 Å². The number of piperazine rings is 1. The molecular weight excluding hydrogens is 409 g/mol. The van der Waals surface area contributed by atoms with Crippen molar-refractivity contribution in [1.29, 1.82) is 0 Å². The van der Waals surface area contributed by atoms with Gasteiger partial charge in [0.2, 0.25) is 0 Å². The second-order valence-electron chi connectivity index (χ2n) is 8.12. The number of benzene rings is 1. The first-order chi connectivity index (χ1) is 14.6. The average molecular weight is 436 g/mol. The van der Waals surface area contributed by atoms with E-state index < -0.39 is 17.2 Å². The fourth-order valence-electron chi connectivity index (χ4n) is 3.53. The van der Waals surface area contributed by atoms with Gasteiger partial charge < -0.3 is 19.5 Å². The van der Waals surface area contributed by atoms with Gasteiger partial charge in [0.25, 0.3) is 5.91 Å². The van der Waals surface area contributed by atoms with Crippen LogP contribution in [0.3, 0.4) is 0 Å². The van der Waals surface area contributed by atoms with Crippen molar-refractivity contribution in [3.8, 4) is 0 Å². The number of hydrogen-bond donors (Lipinski definition) is 1. The van der Waals surface area contributed by atoms with Crippen LogP contribution in [0.25, 0.3) is 0 Å². The van der Waals surface area contributed by atoms with Gasteiger partial charge in [0, 0.05) is 45.2 Å². The summed E-state index contributed by atoms with van der Waals surface area (Å²) in [5.74, 6) is 0.835. The van der Waals surface area contributed by atoms with Crippen LogP contribution in [0.4, 0.5) is 13.2 Å². The first-order valence-electron chi connectivity index (χ1n) is 10.1. The van der Waals surface area contributed by atoms with E-state index in [4.69, 9.17) is 4.42 Å². The minimum absolute atomic E-state index is 0.140. The number of nitrogens with zero attached hydrogens (tertiary/aromatic N) is 3. The molecule has 31 heavy (non-hydrogen) atoms.